The van der Waals surface area contributed by atoms with E-state index >= 15 is 0 Å². The van der Waals surface area contributed by atoms with Crippen molar-refractivity contribution < 1.29 is 38.9 Å². The number of nitrogens with zero attached hydrogens (tertiary/aromatic N) is 1. The summed E-state index contributed by atoms with van der Waals surface area (Å²) in [7, 11) is 3.96. The second-order valence-corrected chi connectivity index (χ2v) is 9.39. The lowest BCUT2D eigenvalue weighted by Crippen LogP contribution is -2.74. The van der Waals surface area contributed by atoms with E-state index in [4.69, 9.17) is 9.84 Å². The molecule has 1 saturated heterocycles. The minimum Gasteiger partial charge on any atom is -0.481 e. The number of fused-ring (bicyclic) bond motifs is 3. The first kappa shape index (κ1) is 28.0. The van der Waals surface area contributed by atoms with Crippen molar-refractivity contribution in [2.45, 2.75) is 56.0 Å². The summed E-state index contributed by atoms with van der Waals surface area (Å²) in [6, 6.07) is 3.70. The highest BCUT2D eigenvalue weighted by Crippen LogP contribution is 2.54. The van der Waals surface area contributed by atoms with E-state index in [1.165, 1.54) is 33.3 Å². The van der Waals surface area contributed by atoms with Gasteiger partial charge in [0, 0.05) is 31.8 Å². The van der Waals surface area contributed by atoms with Gasteiger partial charge in [0.15, 0.2) is 11.4 Å². The van der Waals surface area contributed by atoms with Crippen molar-refractivity contribution in [1.29, 1.82) is 0 Å². The number of para-hydroxylation sites is 1. The molecule has 200 valence electrons. The number of ether oxygens (including phenoxy) is 1. The summed E-state index contributed by atoms with van der Waals surface area (Å²) in [6.07, 6.45) is -0.804. The van der Waals surface area contributed by atoms with Gasteiger partial charge in [0.2, 0.25) is 11.4 Å². The third kappa shape index (κ3) is 4.30. The van der Waals surface area contributed by atoms with E-state index < -0.39 is 65.2 Å². The molecule has 0 radical (unpaired) electrons. The first-order valence-electron chi connectivity index (χ1n) is 11.7. The van der Waals surface area contributed by atoms with Gasteiger partial charge in [0.25, 0.3) is 11.8 Å². The van der Waals surface area contributed by atoms with Crippen molar-refractivity contribution in [2.75, 3.05) is 26.5 Å². The average Bonchev–Trinajstić information content (AvgIpc) is 3.05. The number of nitrogens with one attached hydrogen (secondary N) is 3. The quantitative estimate of drug-likeness (QED) is 0.215. The number of anilines is 1. The largest absolute Gasteiger partial charge is 0.481 e. The van der Waals surface area contributed by atoms with Crippen molar-refractivity contribution in [3.05, 3.63) is 41.5 Å². The maximum absolute atomic E-state index is 14.1. The Morgan fingerprint density at radius 2 is 1.89 bits per heavy atom. The number of carboxylic acid groups (broad SMARTS) is 1. The van der Waals surface area contributed by atoms with Gasteiger partial charge in [-0.05, 0) is 39.5 Å². The number of likely N-dealkylation sites (tertiary alicyclic amines) is 1. The molecule has 12 heteroatoms. The van der Waals surface area contributed by atoms with Gasteiger partial charge in [-0.3, -0.25) is 28.9 Å². The van der Waals surface area contributed by atoms with Crippen molar-refractivity contribution in [2.24, 2.45) is 0 Å². The molecule has 2 aliphatic rings. The number of benzene rings is 1. The first-order valence-corrected chi connectivity index (χ1v) is 11.7. The summed E-state index contributed by atoms with van der Waals surface area (Å²) in [5.74, 6) is -4.38. The van der Waals surface area contributed by atoms with E-state index in [1.807, 2.05) is 0 Å². The molecule has 1 fully saturated rings. The molecule has 1 aromatic carbocycles. The number of methoxy groups -OCH3 is 1. The average molecular weight is 517 g/mol. The summed E-state index contributed by atoms with van der Waals surface area (Å²) in [4.78, 5) is 66.1. The maximum Gasteiger partial charge on any atom is 0.303 e. The fourth-order valence-corrected chi connectivity index (χ4v) is 5.33. The van der Waals surface area contributed by atoms with Gasteiger partial charge in [0.1, 0.15) is 12.1 Å². The molecule has 1 aromatic rings. The summed E-state index contributed by atoms with van der Waals surface area (Å²) in [5.41, 5.74) is -3.82. The number of carbonyl (C=O) groups excluding carboxylic acids is 4. The zero-order chi connectivity index (χ0) is 27.7. The van der Waals surface area contributed by atoms with Crippen LogP contribution >= 0.6 is 0 Å². The number of ketones is 1. The fourth-order valence-electron chi connectivity index (χ4n) is 5.33. The Balaban J connectivity index is 2.22. The Kier molecular flexibility index (Phi) is 7.86. The lowest BCUT2D eigenvalue weighted by Gasteiger charge is -2.47. The SMILES string of the molecule is CNC(=O)[C@H]1[C@@H](OC)[C@]2(O)c3ccccc3NC(=O)[C@@]2(C(=O)N[C@@H](CCC(=O)O)C(=O)C=C(C)C)N1C. The molecule has 0 aliphatic carbocycles. The van der Waals surface area contributed by atoms with Crippen LogP contribution in [0.4, 0.5) is 5.69 Å². The topological polar surface area (TPSA) is 174 Å². The van der Waals surface area contributed by atoms with E-state index in [2.05, 4.69) is 16.0 Å². The lowest BCUT2D eigenvalue weighted by atomic mass is 9.69. The number of aliphatic hydroxyl groups is 1. The molecule has 0 spiro atoms. The molecular weight excluding hydrogens is 484 g/mol. The first-order chi connectivity index (χ1) is 17.4. The summed E-state index contributed by atoms with van der Waals surface area (Å²) in [6.45, 7) is 3.33. The molecule has 2 aliphatic heterocycles. The van der Waals surface area contributed by atoms with E-state index in [9.17, 15) is 29.1 Å². The standard InChI is InChI=1S/C25H32N4O8/c1-13(2)12-17(30)16(10-11-18(31)32)28-23(35)24-22(34)27-15-9-7-6-8-14(15)25(24,36)20(37-5)19(29(24)4)21(33)26-3/h6-9,12,16,19-20,36H,10-11H2,1-5H3,(H,26,33)(H,27,34)(H,28,35)(H,31,32)/t16-,19+,20+,24-,25+/m0/s1. The number of carboxylic acids is 1. The van der Waals surface area contributed by atoms with Crippen LogP contribution in [0.1, 0.15) is 32.3 Å². The molecule has 3 rings (SSSR count). The monoisotopic (exact) mass is 516 g/mol. The van der Waals surface area contributed by atoms with Gasteiger partial charge in [-0.1, -0.05) is 23.8 Å². The molecule has 0 aromatic heterocycles. The molecular formula is C25H32N4O8. The number of carbonyl (C=O) groups is 5. The van der Waals surface area contributed by atoms with Crippen LogP contribution in [0.2, 0.25) is 0 Å². The van der Waals surface area contributed by atoms with Crippen LogP contribution in [-0.4, -0.2) is 89.5 Å². The number of hydrogen-bond acceptors (Lipinski definition) is 8. The highest BCUT2D eigenvalue weighted by atomic mass is 16.5. The predicted octanol–water partition coefficient (Wildman–Crippen LogP) is -0.475. The van der Waals surface area contributed by atoms with Gasteiger partial charge in [-0.25, -0.2) is 0 Å². The Morgan fingerprint density at radius 3 is 2.46 bits per heavy atom. The fraction of sp³-hybridized carbons (Fsp3) is 0.480. The number of amides is 3. The maximum atomic E-state index is 14.1. The second-order valence-electron chi connectivity index (χ2n) is 9.39. The van der Waals surface area contributed by atoms with Crippen molar-refractivity contribution in [3.63, 3.8) is 0 Å². The zero-order valence-electron chi connectivity index (χ0n) is 21.3. The van der Waals surface area contributed by atoms with Gasteiger partial charge < -0.3 is 30.9 Å². The van der Waals surface area contributed by atoms with Crippen LogP contribution in [0.15, 0.2) is 35.9 Å². The van der Waals surface area contributed by atoms with Gasteiger partial charge in [0.05, 0.1) is 6.04 Å². The highest BCUT2D eigenvalue weighted by molar-refractivity contribution is 6.20. The number of rotatable bonds is 9. The van der Waals surface area contributed by atoms with Crippen LogP contribution < -0.4 is 16.0 Å². The summed E-state index contributed by atoms with van der Waals surface area (Å²) < 4.78 is 5.59. The third-order valence-electron chi connectivity index (χ3n) is 6.94. The Hall–Kier alpha value is -3.61. The smallest absolute Gasteiger partial charge is 0.303 e. The van der Waals surface area contributed by atoms with E-state index in [-0.39, 0.29) is 17.7 Å². The molecule has 5 atom stereocenters. The molecule has 3 amide bonds. The second kappa shape index (κ2) is 10.4. The Bertz CT molecular complexity index is 1160. The van der Waals surface area contributed by atoms with Crippen LogP contribution in [0.3, 0.4) is 0 Å². The predicted molar refractivity (Wildman–Crippen MR) is 131 cm³/mol. The number of likely N-dealkylation sites (N-methyl/N-ethyl adjacent to an activating group) is 2. The van der Waals surface area contributed by atoms with Crippen LogP contribution in [0.5, 0.6) is 0 Å². The van der Waals surface area contributed by atoms with Crippen LogP contribution in [0, 0.1) is 0 Å². The Labute approximate surface area is 214 Å². The van der Waals surface area contributed by atoms with Crippen molar-refractivity contribution in [1.82, 2.24) is 15.5 Å². The summed E-state index contributed by atoms with van der Waals surface area (Å²) in [5, 5.41) is 29.1. The normalized spacial score (nSPS) is 27.2. The van der Waals surface area contributed by atoms with E-state index in [1.54, 1.807) is 32.0 Å². The number of allylic oxidation sites excluding steroid dienone is 1. The zero-order valence-corrected chi connectivity index (χ0v) is 21.3. The molecule has 2 heterocycles. The number of hydrogen-bond donors (Lipinski definition) is 5. The van der Waals surface area contributed by atoms with E-state index in [0.29, 0.717) is 5.57 Å². The molecule has 0 unspecified atom stereocenters. The van der Waals surface area contributed by atoms with Gasteiger partial charge in [-0.15, -0.1) is 0 Å². The molecule has 0 saturated carbocycles. The van der Waals surface area contributed by atoms with Gasteiger partial charge >= 0.3 is 5.97 Å². The van der Waals surface area contributed by atoms with Gasteiger partial charge in [-0.2, -0.15) is 0 Å². The summed E-state index contributed by atoms with van der Waals surface area (Å²) >= 11 is 0. The van der Waals surface area contributed by atoms with E-state index in [0.717, 1.165) is 4.90 Å². The van der Waals surface area contributed by atoms with Crippen molar-refractivity contribution >= 4 is 35.2 Å². The minimum atomic E-state index is -2.45. The highest BCUT2D eigenvalue weighted by Gasteiger charge is 2.78. The molecule has 12 nitrogen and oxygen atoms in total. The van der Waals surface area contributed by atoms with Crippen molar-refractivity contribution in [3.8, 4) is 0 Å². The lowest BCUT2D eigenvalue weighted by molar-refractivity contribution is -0.168. The number of aliphatic carboxylic acids is 1. The molecule has 5 N–H and O–H groups in total. The Morgan fingerprint density at radius 1 is 1.24 bits per heavy atom. The molecule has 0 bridgehead atoms. The third-order valence-corrected chi connectivity index (χ3v) is 6.94. The van der Waals surface area contributed by atoms with Crippen LogP contribution in [-0.2, 0) is 34.3 Å². The molecule has 37 heavy (non-hydrogen) atoms. The van der Waals surface area contributed by atoms with Crippen LogP contribution in [0.25, 0.3) is 0 Å². The minimum absolute atomic E-state index is 0.146.